The van der Waals surface area contributed by atoms with E-state index < -0.39 is 0 Å². The third-order valence-electron chi connectivity index (χ3n) is 1.83. The highest BCUT2D eigenvalue weighted by Crippen LogP contribution is 2.33. The molecule has 0 radical (unpaired) electrons. The van der Waals surface area contributed by atoms with Gasteiger partial charge in [0, 0.05) is 11.0 Å². The van der Waals surface area contributed by atoms with Crippen LogP contribution in [0.4, 0.5) is 5.69 Å². The highest BCUT2D eigenvalue weighted by molar-refractivity contribution is 9.10. The molecule has 0 aliphatic carbocycles. The highest BCUT2D eigenvalue weighted by atomic mass is 79.9. The van der Waals surface area contributed by atoms with Crippen LogP contribution in [0.25, 0.3) is 0 Å². The topological polar surface area (TPSA) is 12.0 Å². The number of halogens is 2. The molecule has 0 aromatic heterocycles. The average Bonchev–Trinajstić information content (AvgIpc) is 2.34. The molecular weight excluding hydrogens is 225 g/mol. The van der Waals surface area contributed by atoms with Gasteiger partial charge in [0.2, 0.25) is 0 Å². The van der Waals surface area contributed by atoms with Gasteiger partial charge >= 0.3 is 0 Å². The van der Waals surface area contributed by atoms with Crippen molar-refractivity contribution in [3.63, 3.8) is 0 Å². The number of hydrogen-bond acceptors (Lipinski definition) is 1. The fourth-order valence-electron chi connectivity index (χ4n) is 1.34. The summed E-state index contributed by atoms with van der Waals surface area (Å²) in [5.41, 5.74) is 2.42. The van der Waals surface area contributed by atoms with Crippen LogP contribution in [0.15, 0.2) is 16.6 Å². The Kier molecular flexibility index (Phi) is 1.81. The van der Waals surface area contributed by atoms with Gasteiger partial charge in [0.05, 0.1) is 10.7 Å². The molecule has 0 unspecified atom stereocenters. The van der Waals surface area contributed by atoms with Crippen molar-refractivity contribution in [1.29, 1.82) is 0 Å². The van der Waals surface area contributed by atoms with Crippen molar-refractivity contribution in [2.24, 2.45) is 0 Å². The summed E-state index contributed by atoms with van der Waals surface area (Å²) in [5, 5.41) is 4.05. The van der Waals surface area contributed by atoms with Crippen molar-refractivity contribution in [3.8, 4) is 0 Å². The Bertz CT molecular complexity index is 298. The highest BCUT2D eigenvalue weighted by Gasteiger charge is 2.13. The number of anilines is 1. The van der Waals surface area contributed by atoms with Gasteiger partial charge in [-0.25, -0.2) is 0 Å². The Balaban J connectivity index is 2.60. The van der Waals surface area contributed by atoms with Gasteiger partial charge in [0.25, 0.3) is 0 Å². The number of benzene rings is 1. The van der Waals surface area contributed by atoms with Gasteiger partial charge in [-0.3, -0.25) is 0 Å². The standard InChI is InChI=1S/C8H7BrClN/c9-6-3-5-1-2-11-8(5)7(10)4-6/h3-4,11H,1-2H2. The van der Waals surface area contributed by atoms with Crippen molar-refractivity contribution in [1.82, 2.24) is 0 Å². The summed E-state index contributed by atoms with van der Waals surface area (Å²) in [5.74, 6) is 0. The molecule has 0 atom stereocenters. The molecule has 0 bridgehead atoms. The number of nitrogens with one attached hydrogen (secondary N) is 1. The van der Waals surface area contributed by atoms with E-state index in [9.17, 15) is 0 Å². The Morgan fingerprint density at radius 1 is 1.45 bits per heavy atom. The molecule has 1 aromatic carbocycles. The second-order valence-corrected chi connectivity index (χ2v) is 3.92. The Morgan fingerprint density at radius 3 is 3.09 bits per heavy atom. The molecule has 1 aromatic rings. The molecule has 58 valence electrons. The number of fused-ring (bicyclic) bond motifs is 1. The van der Waals surface area contributed by atoms with E-state index in [-0.39, 0.29) is 0 Å². The molecule has 2 rings (SSSR count). The van der Waals surface area contributed by atoms with Crippen molar-refractivity contribution >= 4 is 33.2 Å². The summed E-state index contributed by atoms with van der Waals surface area (Å²) >= 11 is 9.39. The van der Waals surface area contributed by atoms with E-state index in [0.717, 1.165) is 28.1 Å². The molecule has 1 N–H and O–H groups in total. The van der Waals surface area contributed by atoms with Crippen LogP contribution in [0.2, 0.25) is 5.02 Å². The minimum atomic E-state index is 0.812. The molecule has 1 heterocycles. The van der Waals surface area contributed by atoms with Crippen LogP contribution >= 0.6 is 27.5 Å². The fourth-order valence-corrected chi connectivity index (χ4v) is 2.29. The normalized spacial score (nSPS) is 14.4. The molecule has 3 heteroatoms. The smallest absolute Gasteiger partial charge is 0.0651 e. The van der Waals surface area contributed by atoms with Gasteiger partial charge in [0.1, 0.15) is 0 Å². The predicted octanol–water partition coefficient (Wildman–Crippen LogP) is 3.07. The molecule has 11 heavy (non-hydrogen) atoms. The van der Waals surface area contributed by atoms with Crippen LogP contribution in [0.5, 0.6) is 0 Å². The monoisotopic (exact) mass is 231 g/mol. The SMILES string of the molecule is Clc1cc(Br)cc2c1NCC2. The second-order valence-electron chi connectivity index (χ2n) is 2.60. The lowest BCUT2D eigenvalue weighted by Gasteiger charge is -2.02. The van der Waals surface area contributed by atoms with E-state index in [2.05, 4.69) is 27.3 Å². The molecule has 1 nitrogen and oxygen atoms in total. The second kappa shape index (κ2) is 2.68. The number of hydrogen-bond donors (Lipinski definition) is 1. The first-order chi connectivity index (χ1) is 5.27. The van der Waals surface area contributed by atoms with Crippen molar-refractivity contribution in [2.75, 3.05) is 11.9 Å². The average molecular weight is 233 g/mol. The summed E-state index contributed by atoms with van der Waals surface area (Å²) < 4.78 is 1.06. The van der Waals surface area contributed by atoms with Gasteiger partial charge in [-0.2, -0.15) is 0 Å². The third kappa shape index (κ3) is 1.25. The van der Waals surface area contributed by atoms with Crippen molar-refractivity contribution in [2.45, 2.75) is 6.42 Å². The molecule has 0 saturated carbocycles. The van der Waals surface area contributed by atoms with Gasteiger partial charge in [-0.1, -0.05) is 27.5 Å². The summed E-state index contributed by atoms with van der Waals surface area (Å²) in [6.45, 7) is 1.01. The summed E-state index contributed by atoms with van der Waals surface area (Å²) in [6, 6.07) is 4.03. The zero-order valence-corrected chi connectivity index (χ0v) is 8.17. The first-order valence-corrected chi connectivity index (χ1v) is 4.66. The zero-order valence-electron chi connectivity index (χ0n) is 5.82. The summed E-state index contributed by atoms with van der Waals surface area (Å²) in [4.78, 5) is 0. The maximum Gasteiger partial charge on any atom is 0.0651 e. The summed E-state index contributed by atoms with van der Waals surface area (Å²) in [7, 11) is 0. The molecule has 0 amide bonds. The molecule has 0 saturated heterocycles. The lowest BCUT2D eigenvalue weighted by Crippen LogP contribution is -1.91. The van der Waals surface area contributed by atoms with Crippen LogP contribution in [-0.4, -0.2) is 6.54 Å². The fraction of sp³-hybridized carbons (Fsp3) is 0.250. The predicted molar refractivity (Wildman–Crippen MR) is 51.3 cm³/mol. The van der Waals surface area contributed by atoms with Crippen LogP contribution in [0.3, 0.4) is 0 Å². The largest absolute Gasteiger partial charge is 0.383 e. The van der Waals surface area contributed by atoms with Crippen LogP contribution in [0.1, 0.15) is 5.56 Å². The van der Waals surface area contributed by atoms with Gasteiger partial charge in [-0.05, 0) is 24.1 Å². The van der Waals surface area contributed by atoms with E-state index >= 15 is 0 Å². The molecule has 0 spiro atoms. The lowest BCUT2D eigenvalue weighted by molar-refractivity contribution is 1.10. The van der Waals surface area contributed by atoms with Crippen LogP contribution < -0.4 is 5.32 Å². The maximum absolute atomic E-state index is 5.98. The quantitative estimate of drug-likeness (QED) is 0.725. The van der Waals surface area contributed by atoms with E-state index in [1.54, 1.807) is 0 Å². The summed E-state index contributed by atoms with van der Waals surface area (Å²) in [6.07, 6.45) is 1.08. The Labute approximate surface area is 78.9 Å². The van der Waals surface area contributed by atoms with Crippen molar-refractivity contribution in [3.05, 3.63) is 27.2 Å². The van der Waals surface area contributed by atoms with Gasteiger partial charge < -0.3 is 5.32 Å². The zero-order chi connectivity index (χ0) is 7.84. The minimum absolute atomic E-state index is 0.812. The van der Waals surface area contributed by atoms with Crippen molar-refractivity contribution < 1.29 is 0 Å². The minimum Gasteiger partial charge on any atom is -0.383 e. The van der Waals surface area contributed by atoms with Crippen LogP contribution in [0, 0.1) is 0 Å². The molecule has 0 fully saturated rings. The first kappa shape index (κ1) is 7.44. The lowest BCUT2D eigenvalue weighted by atomic mass is 10.2. The van der Waals surface area contributed by atoms with Gasteiger partial charge in [0.15, 0.2) is 0 Å². The van der Waals surface area contributed by atoms with E-state index in [1.807, 2.05) is 6.07 Å². The molecule has 1 aliphatic rings. The molecular formula is C8H7BrClN. The van der Waals surface area contributed by atoms with Crippen LogP contribution in [-0.2, 0) is 6.42 Å². The molecule has 1 aliphatic heterocycles. The first-order valence-electron chi connectivity index (χ1n) is 3.49. The maximum atomic E-state index is 5.98. The Hall–Kier alpha value is -0.210. The van der Waals surface area contributed by atoms with Gasteiger partial charge in [-0.15, -0.1) is 0 Å². The Morgan fingerprint density at radius 2 is 2.27 bits per heavy atom. The third-order valence-corrected chi connectivity index (χ3v) is 2.59. The van der Waals surface area contributed by atoms with E-state index in [4.69, 9.17) is 11.6 Å². The van der Waals surface area contributed by atoms with E-state index in [1.165, 1.54) is 5.56 Å². The van der Waals surface area contributed by atoms with E-state index in [0.29, 0.717) is 0 Å². The number of rotatable bonds is 0.